The summed E-state index contributed by atoms with van der Waals surface area (Å²) in [4.78, 5) is 15.0. The molecule has 1 unspecified atom stereocenters. The summed E-state index contributed by atoms with van der Waals surface area (Å²) in [5, 5.41) is 9.05. The van der Waals surface area contributed by atoms with Gasteiger partial charge in [-0.25, -0.2) is 9.78 Å². The normalized spacial score (nSPS) is 12.7. The van der Waals surface area contributed by atoms with E-state index in [1.165, 1.54) is 0 Å². The minimum atomic E-state index is -0.778. The molecule has 0 fully saturated rings. The second-order valence-corrected chi connectivity index (χ2v) is 3.38. The molecule has 0 amide bonds. The van der Waals surface area contributed by atoms with E-state index in [0.29, 0.717) is 6.42 Å². The third-order valence-corrected chi connectivity index (χ3v) is 2.31. The zero-order chi connectivity index (χ0) is 10.6. The second kappa shape index (κ2) is 4.79. The van der Waals surface area contributed by atoms with Crippen molar-refractivity contribution in [2.45, 2.75) is 39.2 Å². The molecule has 1 aromatic heterocycles. The summed E-state index contributed by atoms with van der Waals surface area (Å²) in [7, 11) is 0. The minimum absolute atomic E-state index is 0.461. The molecule has 0 aliphatic carbocycles. The van der Waals surface area contributed by atoms with Crippen LogP contribution in [0.4, 0.5) is 0 Å². The molecule has 0 aliphatic heterocycles. The molecule has 0 radical (unpaired) electrons. The molecule has 14 heavy (non-hydrogen) atoms. The van der Waals surface area contributed by atoms with Crippen LogP contribution in [-0.4, -0.2) is 20.6 Å². The quantitative estimate of drug-likeness (QED) is 0.783. The predicted octanol–water partition coefficient (Wildman–Crippen LogP) is 2.01. The summed E-state index contributed by atoms with van der Waals surface area (Å²) in [6, 6.07) is -0.461. The van der Waals surface area contributed by atoms with Crippen LogP contribution in [0.5, 0.6) is 0 Å². The molecule has 4 nitrogen and oxygen atoms in total. The van der Waals surface area contributed by atoms with Crippen molar-refractivity contribution in [3.05, 3.63) is 18.2 Å². The van der Waals surface area contributed by atoms with Crippen molar-refractivity contribution in [3.8, 4) is 0 Å². The lowest BCUT2D eigenvalue weighted by Gasteiger charge is -2.14. The summed E-state index contributed by atoms with van der Waals surface area (Å²) >= 11 is 0. The Labute approximate surface area is 83.6 Å². The first kappa shape index (κ1) is 10.8. The van der Waals surface area contributed by atoms with Gasteiger partial charge in [-0.2, -0.15) is 0 Å². The molecule has 0 aliphatic rings. The number of aromatic nitrogens is 2. The van der Waals surface area contributed by atoms with Gasteiger partial charge in [-0.05, 0) is 13.3 Å². The average molecular weight is 196 g/mol. The molecule has 0 aromatic carbocycles. The van der Waals surface area contributed by atoms with Crippen LogP contribution in [0.25, 0.3) is 0 Å². The van der Waals surface area contributed by atoms with Crippen molar-refractivity contribution in [3.63, 3.8) is 0 Å². The third-order valence-electron chi connectivity index (χ3n) is 2.31. The molecule has 1 atom stereocenters. The molecule has 1 aromatic rings. The van der Waals surface area contributed by atoms with E-state index < -0.39 is 12.0 Å². The Morgan fingerprint density at radius 3 is 2.86 bits per heavy atom. The van der Waals surface area contributed by atoms with E-state index in [1.807, 2.05) is 6.92 Å². The first-order chi connectivity index (χ1) is 6.66. The topological polar surface area (TPSA) is 55.1 Å². The lowest BCUT2D eigenvalue weighted by molar-refractivity contribution is -0.141. The number of imidazole rings is 1. The summed E-state index contributed by atoms with van der Waals surface area (Å²) in [6.07, 6.45) is 5.97. The number of aryl methyl sites for hydroxylation is 1. The van der Waals surface area contributed by atoms with Crippen molar-refractivity contribution < 1.29 is 9.90 Å². The van der Waals surface area contributed by atoms with Gasteiger partial charge in [0.05, 0.1) is 0 Å². The Balaban J connectivity index is 2.78. The Morgan fingerprint density at radius 2 is 2.43 bits per heavy atom. The molecular weight excluding hydrogens is 180 g/mol. The van der Waals surface area contributed by atoms with Crippen molar-refractivity contribution in [1.29, 1.82) is 0 Å². The van der Waals surface area contributed by atoms with Crippen LogP contribution >= 0.6 is 0 Å². The average Bonchev–Trinajstić information content (AvgIpc) is 2.52. The van der Waals surface area contributed by atoms with Crippen molar-refractivity contribution in [2.75, 3.05) is 0 Å². The number of rotatable bonds is 5. The maximum atomic E-state index is 11.0. The minimum Gasteiger partial charge on any atom is -0.480 e. The number of carboxylic acid groups (broad SMARTS) is 1. The molecule has 1 rings (SSSR count). The fourth-order valence-corrected chi connectivity index (χ4v) is 1.50. The van der Waals surface area contributed by atoms with Gasteiger partial charge in [-0.15, -0.1) is 0 Å². The predicted molar refractivity (Wildman–Crippen MR) is 53.2 cm³/mol. The number of unbranched alkanes of at least 4 members (excludes halogenated alkanes) is 1. The molecule has 4 heteroatoms. The monoisotopic (exact) mass is 196 g/mol. The van der Waals surface area contributed by atoms with Gasteiger partial charge in [-0.3, -0.25) is 0 Å². The first-order valence-corrected chi connectivity index (χ1v) is 4.89. The molecule has 0 bridgehead atoms. The van der Waals surface area contributed by atoms with Gasteiger partial charge in [0.15, 0.2) is 0 Å². The number of carboxylic acids is 1. The van der Waals surface area contributed by atoms with E-state index in [-0.39, 0.29) is 0 Å². The van der Waals surface area contributed by atoms with Crippen molar-refractivity contribution in [1.82, 2.24) is 9.55 Å². The van der Waals surface area contributed by atoms with Gasteiger partial charge in [0.2, 0.25) is 0 Å². The molecule has 0 spiro atoms. The largest absolute Gasteiger partial charge is 0.480 e. The number of hydrogen-bond acceptors (Lipinski definition) is 2. The molecule has 0 saturated carbocycles. The smallest absolute Gasteiger partial charge is 0.326 e. The number of aliphatic carboxylic acids is 1. The molecule has 0 saturated heterocycles. The van der Waals surface area contributed by atoms with Gasteiger partial charge in [0, 0.05) is 12.4 Å². The highest BCUT2D eigenvalue weighted by Crippen LogP contribution is 2.16. The lowest BCUT2D eigenvalue weighted by Crippen LogP contribution is -2.19. The number of nitrogens with zero attached hydrogens (tertiary/aromatic N) is 2. The van der Waals surface area contributed by atoms with Gasteiger partial charge in [-0.1, -0.05) is 19.8 Å². The highest BCUT2D eigenvalue weighted by Gasteiger charge is 2.19. The highest BCUT2D eigenvalue weighted by molar-refractivity contribution is 5.71. The molecule has 1 N–H and O–H groups in total. The Kier molecular flexibility index (Phi) is 3.68. The van der Waals surface area contributed by atoms with Crippen LogP contribution in [0.3, 0.4) is 0 Å². The van der Waals surface area contributed by atoms with Crippen molar-refractivity contribution >= 4 is 5.97 Å². The second-order valence-electron chi connectivity index (χ2n) is 3.38. The Bertz CT molecular complexity index is 307. The van der Waals surface area contributed by atoms with Crippen molar-refractivity contribution in [2.24, 2.45) is 0 Å². The number of carbonyl (C=O) groups is 1. The fourth-order valence-electron chi connectivity index (χ4n) is 1.50. The van der Waals surface area contributed by atoms with E-state index in [1.54, 1.807) is 17.0 Å². The maximum absolute atomic E-state index is 11.0. The van der Waals surface area contributed by atoms with Gasteiger partial charge < -0.3 is 9.67 Å². The third kappa shape index (κ3) is 2.34. The van der Waals surface area contributed by atoms with Crippen LogP contribution < -0.4 is 0 Å². The lowest BCUT2D eigenvalue weighted by atomic mass is 10.1. The first-order valence-electron chi connectivity index (χ1n) is 4.89. The van der Waals surface area contributed by atoms with Crippen LogP contribution in [0.15, 0.2) is 12.4 Å². The standard InChI is InChI=1S/C10H16N2O2/c1-3-4-5-9(10(13)14)12-7-6-11-8(12)2/h6-7,9H,3-5H2,1-2H3,(H,13,14). The Hall–Kier alpha value is -1.32. The van der Waals surface area contributed by atoms with E-state index >= 15 is 0 Å². The maximum Gasteiger partial charge on any atom is 0.326 e. The van der Waals surface area contributed by atoms with Crippen LogP contribution in [0, 0.1) is 6.92 Å². The molecule has 1 heterocycles. The van der Waals surface area contributed by atoms with E-state index in [4.69, 9.17) is 5.11 Å². The van der Waals surface area contributed by atoms with E-state index in [2.05, 4.69) is 11.9 Å². The van der Waals surface area contributed by atoms with E-state index in [9.17, 15) is 4.79 Å². The highest BCUT2D eigenvalue weighted by atomic mass is 16.4. The fraction of sp³-hybridized carbons (Fsp3) is 0.600. The van der Waals surface area contributed by atoms with Crippen LogP contribution in [-0.2, 0) is 4.79 Å². The SMILES string of the molecule is CCCCC(C(=O)O)n1ccnc1C. The number of hydrogen-bond donors (Lipinski definition) is 1. The molecule has 78 valence electrons. The summed E-state index contributed by atoms with van der Waals surface area (Å²) < 4.78 is 1.72. The van der Waals surface area contributed by atoms with E-state index in [0.717, 1.165) is 18.7 Å². The van der Waals surface area contributed by atoms with Gasteiger partial charge >= 0.3 is 5.97 Å². The van der Waals surface area contributed by atoms with Gasteiger partial charge in [0.25, 0.3) is 0 Å². The Morgan fingerprint density at radius 1 is 1.71 bits per heavy atom. The zero-order valence-electron chi connectivity index (χ0n) is 8.60. The van der Waals surface area contributed by atoms with Crippen LogP contribution in [0.1, 0.15) is 38.1 Å². The molecular formula is C10H16N2O2. The summed E-state index contributed by atoms with van der Waals surface area (Å²) in [5.74, 6) is -0.0203. The summed E-state index contributed by atoms with van der Waals surface area (Å²) in [6.45, 7) is 3.88. The van der Waals surface area contributed by atoms with Gasteiger partial charge in [0.1, 0.15) is 11.9 Å². The zero-order valence-corrected chi connectivity index (χ0v) is 8.60. The summed E-state index contributed by atoms with van der Waals surface area (Å²) in [5.41, 5.74) is 0. The van der Waals surface area contributed by atoms with Crippen LogP contribution in [0.2, 0.25) is 0 Å².